The van der Waals surface area contributed by atoms with Crippen molar-refractivity contribution in [2.24, 2.45) is 0 Å². The second-order valence-corrected chi connectivity index (χ2v) is 5.96. The lowest BCUT2D eigenvalue weighted by Crippen LogP contribution is -2.45. The van der Waals surface area contributed by atoms with Crippen LogP contribution in [0.2, 0.25) is 5.02 Å². The number of carbonyl (C=O) groups is 1. The number of ether oxygens (including phenoxy) is 2. The molecule has 0 saturated heterocycles. The minimum absolute atomic E-state index is 0.0236. The van der Waals surface area contributed by atoms with Gasteiger partial charge < -0.3 is 14.8 Å². The number of hydrogen-bond acceptors (Lipinski definition) is 3. The molecule has 0 bridgehead atoms. The van der Waals surface area contributed by atoms with Crippen LogP contribution >= 0.6 is 11.6 Å². The van der Waals surface area contributed by atoms with Crippen LogP contribution in [-0.4, -0.2) is 38.4 Å². The Labute approximate surface area is 131 Å². The molecule has 0 unspecified atom stereocenters. The van der Waals surface area contributed by atoms with Crippen LogP contribution in [0.1, 0.15) is 25.8 Å². The van der Waals surface area contributed by atoms with Crippen LogP contribution in [0.4, 0.5) is 0 Å². The average Bonchev–Trinajstić information content (AvgIpc) is 2.40. The van der Waals surface area contributed by atoms with Gasteiger partial charge in [0.1, 0.15) is 0 Å². The van der Waals surface area contributed by atoms with Gasteiger partial charge in [0.15, 0.2) is 0 Å². The number of amides is 1. The van der Waals surface area contributed by atoms with Crippen LogP contribution in [0.3, 0.4) is 0 Å². The molecule has 1 aromatic rings. The number of hydrogen-bond donors (Lipinski definition) is 1. The fourth-order valence-corrected chi connectivity index (χ4v) is 2.21. The van der Waals surface area contributed by atoms with Crippen LogP contribution in [0.25, 0.3) is 0 Å². The fourth-order valence-electron chi connectivity index (χ4n) is 2.01. The summed E-state index contributed by atoms with van der Waals surface area (Å²) < 4.78 is 10.2. The van der Waals surface area contributed by atoms with Gasteiger partial charge in [-0.3, -0.25) is 4.79 Å². The highest BCUT2D eigenvalue weighted by Gasteiger charge is 2.21. The van der Waals surface area contributed by atoms with E-state index in [1.165, 1.54) is 0 Å². The Morgan fingerprint density at radius 1 is 1.24 bits per heavy atom. The topological polar surface area (TPSA) is 47.6 Å². The molecule has 1 aromatic carbocycles. The van der Waals surface area contributed by atoms with E-state index in [4.69, 9.17) is 21.1 Å². The quantitative estimate of drug-likeness (QED) is 0.713. The molecule has 5 heteroatoms. The average molecular weight is 314 g/mol. The molecule has 1 rings (SSSR count). The van der Waals surface area contributed by atoms with E-state index in [9.17, 15) is 4.79 Å². The maximum atomic E-state index is 11.9. The zero-order chi connectivity index (χ0) is 15.7. The standard InChI is InChI=1S/C16H24ClNO3/c1-16(2,12-13-6-4-5-7-14(13)17)18-15(19)8-9-21-11-10-20-3/h4-7H,8-12H2,1-3H3,(H,18,19). The Balaban J connectivity index is 2.38. The van der Waals surface area contributed by atoms with E-state index in [1.807, 2.05) is 38.1 Å². The van der Waals surface area contributed by atoms with Crippen molar-refractivity contribution < 1.29 is 14.3 Å². The third kappa shape index (κ3) is 7.46. The van der Waals surface area contributed by atoms with E-state index in [0.29, 0.717) is 32.7 Å². The van der Waals surface area contributed by atoms with Crippen LogP contribution in [0, 0.1) is 0 Å². The van der Waals surface area contributed by atoms with Gasteiger partial charge >= 0.3 is 0 Å². The number of nitrogens with one attached hydrogen (secondary N) is 1. The second-order valence-electron chi connectivity index (χ2n) is 5.56. The molecule has 0 spiro atoms. The van der Waals surface area contributed by atoms with Gasteiger partial charge in [-0.05, 0) is 31.9 Å². The van der Waals surface area contributed by atoms with E-state index < -0.39 is 0 Å². The minimum atomic E-state index is -0.353. The van der Waals surface area contributed by atoms with Crippen molar-refractivity contribution in [3.8, 4) is 0 Å². The summed E-state index contributed by atoms with van der Waals surface area (Å²) in [5, 5.41) is 3.74. The van der Waals surface area contributed by atoms with Gasteiger partial charge in [0, 0.05) is 24.1 Å². The fraction of sp³-hybridized carbons (Fsp3) is 0.562. The molecule has 0 saturated carbocycles. The summed E-state index contributed by atoms with van der Waals surface area (Å²) in [6.07, 6.45) is 1.03. The summed E-state index contributed by atoms with van der Waals surface area (Å²) in [5.74, 6) is -0.0236. The molecule has 1 N–H and O–H groups in total. The summed E-state index contributed by atoms with van der Waals surface area (Å²) >= 11 is 6.15. The number of benzene rings is 1. The summed E-state index contributed by atoms with van der Waals surface area (Å²) in [6, 6.07) is 7.68. The lowest BCUT2D eigenvalue weighted by Gasteiger charge is -2.27. The molecular weight excluding hydrogens is 290 g/mol. The van der Waals surface area contributed by atoms with E-state index >= 15 is 0 Å². The molecule has 0 aliphatic rings. The lowest BCUT2D eigenvalue weighted by atomic mass is 9.94. The van der Waals surface area contributed by atoms with Crippen molar-refractivity contribution in [2.75, 3.05) is 26.9 Å². The summed E-state index contributed by atoms with van der Waals surface area (Å²) in [4.78, 5) is 11.9. The number of rotatable bonds is 9. The first-order valence-corrected chi connectivity index (χ1v) is 7.43. The zero-order valence-electron chi connectivity index (χ0n) is 12.9. The number of methoxy groups -OCH3 is 1. The molecule has 1 amide bonds. The molecule has 0 aromatic heterocycles. The SMILES string of the molecule is COCCOCCC(=O)NC(C)(C)Cc1ccccc1Cl. The van der Waals surface area contributed by atoms with Gasteiger partial charge in [-0.25, -0.2) is 0 Å². The van der Waals surface area contributed by atoms with Crippen LogP contribution in [0.15, 0.2) is 24.3 Å². The van der Waals surface area contributed by atoms with Gasteiger partial charge in [0.2, 0.25) is 5.91 Å². The van der Waals surface area contributed by atoms with Crippen molar-refractivity contribution in [1.29, 1.82) is 0 Å². The predicted molar refractivity (Wildman–Crippen MR) is 84.7 cm³/mol. The maximum Gasteiger partial charge on any atom is 0.222 e. The predicted octanol–water partition coefficient (Wildman–Crippen LogP) is 2.83. The molecular formula is C16H24ClNO3. The Morgan fingerprint density at radius 2 is 1.95 bits per heavy atom. The van der Waals surface area contributed by atoms with Gasteiger partial charge in [0.05, 0.1) is 19.8 Å². The number of carbonyl (C=O) groups excluding carboxylic acids is 1. The van der Waals surface area contributed by atoms with Crippen LogP contribution < -0.4 is 5.32 Å². The molecule has 0 aliphatic heterocycles. The molecule has 21 heavy (non-hydrogen) atoms. The van der Waals surface area contributed by atoms with E-state index in [0.717, 1.165) is 10.6 Å². The molecule has 0 aliphatic carbocycles. The first kappa shape index (κ1) is 18.0. The van der Waals surface area contributed by atoms with E-state index in [1.54, 1.807) is 7.11 Å². The highest BCUT2D eigenvalue weighted by Crippen LogP contribution is 2.20. The molecule has 118 valence electrons. The van der Waals surface area contributed by atoms with E-state index in [-0.39, 0.29) is 11.4 Å². The Bertz CT molecular complexity index is 449. The Kier molecular flexibility index (Phi) is 7.72. The van der Waals surface area contributed by atoms with Crippen LogP contribution in [0.5, 0.6) is 0 Å². The van der Waals surface area contributed by atoms with Gasteiger partial charge in [-0.1, -0.05) is 29.8 Å². The first-order valence-electron chi connectivity index (χ1n) is 7.06. The smallest absolute Gasteiger partial charge is 0.222 e. The summed E-state index contributed by atoms with van der Waals surface area (Å²) in [7, 11) is 1.62. The van der Waals surface area contributed by atoms with Crippen molar-refractivity contribution in [3.63, 3.8) is 0 Å². The summed E-state index contributed by atoms with van der Waals surface area (Å²) in [6.45, 7) is 5.42. The summed E-state index contributed by atoms with van der Waals surface area (Å²) in [5.41, 5.74) is 0.676. The monoisotopic (exact) mass is 313 g/mol. The minimum Gasteiger partial charge on any atom is -0.382 e. The largest absolute Gasteiger partial charge is 0.382 e. The second kappa shape index (κ2) is 9.03. The maximum absolute atomic E-state index is 11.9. The van der Waals surface area contributed by atoms with Crippen LogP contribution in [-0.2, 0) is 20.7 Å². The Hall–Kier alpha value is -1.10. The third-order valence-corrected chi connectivity index (χ3v) is 3.34. The third-order valence-electron chi connectivity index (χ3n) is 2.97. The Morgan fingerprint density at radius 3 is 2.62 bits per heavy atom. The lowest BCUT2D eigenvalue weighted by molar-refractivity contribution is -0.123. The van der Waals surface area contributed by atoms with Gasteiger partial charge in [0.25, 0.3) is 0 Å². The van der Waals surface area contributed by atoms with Gasteiger partial charge in [-0.15, -0.1) is 0 Å². The number of halogens is 1. The van der Waals surface area contributed by atoms with E-state index in [2.05, 4.69) is 5.32 Å². The normalized spacial score (nSPS) is 11.4. The van der Waals surface area contributed by atoms with Crippen molar-refractivity contribution in [2.45, 2.75) is 32.2 Å². The van der Waals surface area contributed by atoms with Crippen molar-refractivity contribution >= 4 is 17.5 Å². The molecule has 0 fully saturated rings. The van der Waals surface area contributed by atoms with Crippen molar-refractivity contribution in [3.05, 3.63) is 34.9 Å². The molecule has 4 nitrogen and oxygen atoms in total. The zero-order valence-corrected chi connectivity index (χ0v) is 13.7. The first-order chi connectivity index (χ1) is 9.94. The highest BCUT2D eigenvalue weighted by atomic mass is 35.5. The van der Waals surface area contributed by atoms with Gasteiger partial charge in [-0.2, -0.15) is 0 Å². The molecule has 0 radical (unpaired) electrons. The van der Waals surface area contributed by atoms with Crippen molar-refractivity contribution in [1.82, 2.24) is 5.32 Å². The highest BCUT2D eigenvalue weighted by molar-refractivity contribution is 6.31. The molecule has 0 heterocycles. The molecule has 0 atom stereocenters.